The average molecular weight is 555 g/mol. The van der Waals surface area contributed by atoms with Gasteiger partial charge in [-0.2, -0.15) is 0 Å². The van der Waals surface area contributed by atoms with Crippen molar-refractivity contribution in [3.8, 4) is 22.3 Å². The van der Waals surface area contributed by atoms with Crippen LogP contribution in [0, 0.1) is 0 Å². The van der Waals surface area contributed by atoms with Gasteiger partial charge < -0.3 is 5.32 Å². The highest BCUT2D eigenvalue weighted by Gasteiger charge is 2.42. The van der Waals surface area contributed by atoms with Gasteiger partial charge in [-0.15, -0.1) is 0 Å². The number of para-hydroxylation sites is 1. The standard InChI is InChI=1S/C41H34N2/c1-40(2)33-16-10-8-14-27(33)30-22-35-31(23-34(30)40)29-21-32-28-15-9-11-17-37(28)43(38(32)24-36(29)41(35,3)4)39-20-26(18-19-42-39)25-12-6-5-7-13-25/h5-18,20-24,42H,19H2,1-4H3. The van der Waals surface area contributed by atoms with Crippen LogP contribution >= 0.6 is 0 Å². The normalized spacial score (nSPS) is 17.1. The summed E-state index contributed by atoms with van der Waals surface area (Å²) in [4.78, 5) is 0. The van der Waals surface area contributed by atoms with Crippen molar-refractivity contribution in [2.45, 2.75) is 38.5 Å². The van der Waals surface area contributed by atoms with E-state index >= 15 is 0 Å². The number of allylic oxidation sites excluding steroid dienone is 2. The zero-order chi connectivity index (χ0) is 29.1. The second-order valence-electron chi connectivity index (χ2n) is 13.4. The average Bonchev–Trinajstić information content (AvgIpc) is 3.56. The Labute approximate surface area is 253 Å². The van der Waals surface area contributed by atoms with Crippen molar-refractivity contribution in [3.05, 3.63) is 143 Å². The van der Waals surface area contributed by atoms with Crippen molar-refractivity contribution in [2.75, 3.05) is 6.54 Å². The summed E-state index contributed by atoms with van der Waals surface area (Å²) in [6, 6.07) is 38.5. The lowest BCUT2D eigenvalue weighted by Gasteiger charge is -2.24. The molecule has 0 saturated heterocycles. The molecule has 0 bridgehead atoms. The lowest BCUT2D eigenvalue weighted by molar-refractivity contribution is 0.652. The third kappa shape index (κ3) is 3.24. The molecule has 9 rings (SSSR count). The number of nitrogens with one attached hydrogen (secondary N) is 1. The minimum Gasteiger partial charge on any atom is -0.368 e. The monoisotopic (exact) mass is 554 g/mol. The highest BCUT2D eigenvalue weighted by molar-refractivity contribution is 6.12. The van der Waals surface area contributed by atoms with Crippen LogP contribution in [0.4, 0.5) is 0 Å². The molecule has 0 atom stereocenters. The fourth-order valence-corrected chi connectivity index (χ4v) is 8.15. The number of benzene rings is 5. The predicted molar refractivity (Wildman–Crippen MR) is 181 cm³/mol. The predicted octanol–water partition coefficient (Wildman–Crippen LogP) is 9.89. The molecular formula is C41H34N2. The van der Waals surface area contributed by atoms with Crippen LogP contribution in [0.15, 0.2) is 115 Å². The minimum atomic E-state index is -0.111. The zero-order valence-corrected chi connectivity index (χ0v) is 25.1. The van der Waals surface area contributed by atoms with Gasteiger partial charge >= 0.3 is 0 Å². The number of dihydropyridines is 1. The molecule has 2 heteroatoms. The van der Waals surface area contributed by atoms with Gasteiger partial charge in [0.2, 0.25) is 0 Å². The van der Waals surface area contributed by atoms with Crippen molar-refractivity contribution in [1.82, 2.24) is 9.88 Å². The zero-order valence-electron chi connectivity index (χ0n) is 25.1. The molecule has 0 radical (unpaired) electrons. The van der Waals surface area contributed by atoms with Crippen molar-refractivity contribution in [3.63, 3.8) is 0 Å². The summed E-state index contributed by atoms with van der Waals surface area (Å²) >= 11 is 0. The molecule has 0 spiro atoms. The van der Waals surface area contributed by atoms with Gasteiger partial charge in [0.1, 0.15) is 5.82 Å². The summed E-state index contributed by atoms with van der Waals surface area (Å²) in [5.74, 6) is 1.12. The molecule has 6 aromatic rings. The molecule has 1 N–H and O–H groups in total. The van der Waals surface area contributed by atoms with E-state index in [9.17, 15) is 0 Å². The van der Waals surface area contributed by atoms with Crippen LogP contribution in [0.25, 0.3) is 55.5 Å². The van der Waals surface area contributed by atoms with E-state index in [1.165, 1.54) is 77.5 Å². The Balaban J connectivity index is 1.29. The van der Waals surface area contributed by atoms with Gasteiger partial charge in [0.05, 0.1) is 11.0 Å². The molecule has 2 heterocycles. The molecule has 43 heavy (non-hydrogen) atoms. The van der Waals surface area contributed by atoms with Gasteiger partial charge in [0, 0.05) is 28.1 Å². The highest BCUT2D eigenvalue weighted by Crippen LogP contribution is 2.56. The maximum absolute atomic E-state index is 3.71. The smallest absolute Gasteiger partial charge is 0.111 e. The molecule has 0 amide bonds. The summed E-state index contributed by atoms with van der Waals surface area (Å²) in [5, 5.41) is 6.30. The van der Waals surface area contributed by atoms with E-state index in [0.717, 1.165) is 12.4 Å². The Morgan fingerprint density at radius 1 is 0.558 bits per heavy atom. The number of hydrogen-bond acceptors (Lipinski definition) is 1. The molecule has 1 aromatic heterocycles. The molecule has 0 fully saturated rings. The van der Waals surface area contributed by atoms with E-state index in [4.69, 9.17) is 0 Å². The molecule has 1 aliphatic heterocycles. The van der Waals surface area contributed by atoms with Crippen LogP contribution in [-0.4, -0.2) is 11.1 Å². The molecule has 5 aromatic carbocycles. The SMILES string of the molecule is CC1(C)c2ccccc2-c2cc3c(cc21)-c1cc2c4ccccc4n(C4=CC(c5ccccc5)=CCN4)c2cc1C3(C)C. The Bertz CT molecular complexity index is 2220. The van der Waals surface area contributed by atoms with Gasteiger partial charge in [-0.25, -0.2) is 0 Å². The first kappa shape index (κ1) is 24.7. The van der Waals surface area contributed by atoms with Gasteiger partial charge in [-0.3, -0.25) is 4.57 Å². The molecule has 0 saturated carbocycles. The fraction of sp³-hybridized carbons (Fsp3) is 0.171. The van der Waals surface area contributed by atoms with Crippen molar-refractivity contribution >= 4 is 33.2 Å². The molecule has 2 nitrogen and oxygen atoms in total. The quantitative estimate of drug-likeness (QED) is 0.225. The van der Waals surface area contributed by atoms with Crippen LogP contribution < -0.4 is 5.32 Å². The second kappa shape index (κ2) is 8.39. The van der Waals surface area contributed by atoms with E-state index < -0.39 is 0 Å². The number of rotatable bonds is 2. The second-order valence-corrected chi connectivity index (χ2v) is 13.4. The number of aromatic nitrogens is 1. The van der Waals surface area contributed by atoms with Gasteiger partial charge in [-0.1, -0.05) is 107 Å². The molecule has 3 aliphatic rings. The van der Waals surface area contributed by atoms with Gasteiger partial charge in [-0.05, 0) is 92.1 Å². The molecular weight excluding hydrogens is 520 g/mol. The fourth-order valence-electron chi connectivity index (χ4n) is 8.15. The molecule has 2 aliphatic carbocycles. The third-order valence-corrected chi connectivity index (χ3v) is 10.4. The van der Waals surface area contributed by atoms with Crippen molar-refractivity contribution in [1.29, 1.82) is 0 Å². The summed E-state index contributed by atoms with van der Waals surface area (Å²) < 4.78 is 2.44. The van der Waals surface area contributed by atoms with Crippen LogP contribution in [0.5, 0.6) is 0 Å². The van der Waals surface area contributed by atoms with E-state index in [0.29, 0.717) is 0 Å². The topological polar surface area (TPSA) is 17.0 Å². The summed E-state index contributed by atoms with van der Waals surface area (Å²) in [6.45, 7) is 10.4. The first-order chi connectivity index (χ1) is 20.8. The van der Waals surface area contributed by atoms with Crippen LogP contribution in [-0.2, 0) is 10.8 Å². The number of nitrogens with zero attached hydrogens (tertiary/aromatic N) is 1. The minimum absolute atomic E-state index is 0.0168. The molecule has 208 valence electrons. The summed E-state index contributed by atoms with van der Waals surface area (Å²) in [6.07, 6.45) is 4.59. The molecule has 0 unspecified atom stereocenters. The first-order valence-electron chi connectivity index (χ1n) is 15.4. The third-order valence-electron chi connectivity index (χ3n) is 10.4. The summed E-state index contributed by atoms with van der Waals surface area (Å²) in [7, 11) is 0. The van der Waals surface area contributed by atoms with Gasteiger partial charge in [0.15, 0.2) is 0 Å². The van der Waals surface area contributed by atoms with E-state index in [1.54, 1.807) is 0 Å². The maximum Gasteiger partial charge on any atom is 0.111 e. The van der Waals surface area contributed by atoms with Crippen LogP contribution in [0.1, 0.15) is 55.5 Å². The number of fused-ring (bicyclic) bond motifs is 9. The lowest BCUT2D eigenvalue weighted by atomic mass is 9.79. The lowest BCUT2D eigenvalue weighted by Crippen LogP contribution is -2.20. The highest BCUT2D eigenvalue weighted by atomic mass is 15.1. The first-order valence-corrected chi connectivity index (χ1v) is 15.4. The Hall–Kier alpha value is -4.82. The van der Waals surface area contributed by atoms with E-state index in [2.05, 4.69) is 153 Å². The van der Waals surface area contributed by atoms with Crippen molar-refractivity contribution in [2.24, 2.45) is 0 Å². The largest absolute Gasteiger partial charge is 0.368 e. The Morgan fingerprint density at radius 3 is 2.00 bits per heavy atom. The van der Waals surface area contributed by atoms with Crippen LogP contribution in [0.3, 0.4) is 0 Å². The van der Waals surface area contributed by atoms with E-state index in [-0.39, 0.29) is 10.8 Å². The summed E-state index contributed by atoms with van der Waals surface area (Å²) in [5.41, 5.74) is 16.1. The van der Waals surface area contributed by atoms with Gasteiger partial charge in [0.25, 0.3) is 0 Å². The van der Waals surface area contributed by atoms with Crippen molar-refractivity contribution < 1.29 is 0 Å². The maximum atomic E-state index is 3.71. The Kier molecular flexibility index (Phi) is 4.83. The van der Waals surface area contributed by atoms with Crippen LogP contribution in [0.2, 0.25) is 0 Å². The number of hydrogen-bond donors (Lipinski definition) is 1. The van der Waals surface area contributed by atoms with E-state index in [1.807, 2.05) is 0 Å². The Morgan fingerprint density at radius 2 is 1.19 bits per heavy atom.